The van der Waals surface area contributed by atoms with Gasteiger partial charge >= 0.3 is 12.1 Å². The second-order valence-corrected chi connectivity index (χ2v) is 10.5. The zero-order valence-corrected chi connectivity index (χ0v) is 22.8. The van der Waals surface area contributed by atoms with Crippen LogP contribution in [0.25, 0.3) is 0 Å². The van der Waals surface area contributed by atoms with Gasteiger partial charge in [-0.15, -0.1) is 0 Å². The number of nitrogens with one attached hydrogen (secondary N) is 2. The smallest absolute Gasteiger partial charge is 0.419 e. The standard InChI is InChI=1S/C32H32F4N2O4/c33-29-26(32(34,35)36)7-4-8-27(29)38-31(42)25(23-15-13-22(14-16-23)21-5-2-1-3-6-21)19-20-9-11-24(12-10-20)30(41)37-18-17-28(39)40/h4,7-16,21,25H,1-3,5-6,17-19H2,(H,37,41)(H,38,42)(H,39,40). The molecule has 2 amide bonds. The third-order valence-corrected chi connectivity index (χ3v) is 7.57. The first-order valence-electron chi connectivity index (χ1n) is 13.9. The number of hydrogen-bond acceptors (Lipinski definition) is 3. The van der Waals surface area contributed by atoms with E-state index >= 15 is 0 Å². The molecule has 4 rings (SSSR count). The van der Waals surface area contributed by atoms with Crippen molar-refractivity contribution in [3.05, 3.63) is 100 Å². The number of carbonyl (C=O) groups excluding carboxylic acids is 2. The van der Waals surface area contributed by atoms with Crippen molar-refractivity contribution in [2.45, 2.75) is 63.0 Å². The van der Waals surface area contributed by atoms with Crippen molar-refractivity contribution < 1.29 is 37.1 Å². The van der Waals surface area contributed by atoms with Gasteiger partial charge < -0.3 is 15.7 Å². The second kappa shape index (κ2) is 13.6. The van der Waals surface area contributed by atoms with Crippen LogP contribution in [0.5, 0.6) is 0 Å². The van der Waals surface area contributed by atoms with Gasteiger partial charge in [0.25, 0.3) is 5.91 Å². The van der Waals surface area contributed by atoms with Crippen LogP contribution in [0.4, 0.5) is 23.2 Å². The van der Waals surface area contributed by atoms with E-state index in [1.54, 1.807) is 24.3 Å². The summed E-state index contributed by atoms with van der Waals surface area (Å²) in [6, 6.07) is 16.7. The van der Waals surface area contributed by atoms with E-state index in [0.717, 1.165) is 37.8 Å². The van der Waals surface area contributed by atoms with Crippen LogP contribution in [0.3, 0.4) is 0 Å². The average Bonchev–Trinajstić information content (AvgIpc) is 2.97. The summed E-state index contributed by atoms with van der Waals surface area (Å²) < 4.78 is 54.5. The Balaban J connectivity index is 1.57. The highest BCUT2D eigenvalue weighted by atomic mass is 19.4. The molecule has 0 saturated heterocycles. The van der Waals surface area contributed by atoms with Gasteiger partial charge in [0.05, 0.1) is 23.6 Å². The van der Waals surface area contributed by atoms with E-state index < -0.39 is 46.9 Å². The number of carboxylic acid groups (broad SMARTS) is 1. The van der Waals surface area contributed by atoms with E-state index in [0.29, 0.717) is 28.7 Å². The topological polar surface area (TPSA) is 95.5 Å². The lowest BCUT2D eigenvalue weighted by molar-refractivity contribution is -0.140. The molecule has 1 unspecified atom stereocenters. The Morgan fingerprint density at radius 1 is 0.905 bits per heavy atom. The maximum atomic E-state index is 14.7. The minimum absolute atomic E-state index is 0.0267. The van der Waals surface area contributed by atoms with Gasteiger partial charge in [-0.3, -0.25) is 14.4 Å². The van der Waals surface area contributed by atoms with E-state index in [9.17, 15) is 31.9 Å². The fraction of sp³-hybridized carbons (Fsp3) is 0.344. The van der Waals surface area contributed by atoms with Gasteiger partial charge in [-0.05, 0) is 66.1 Å². The number of anilines is 1. The number of benzene rings is 3. The predicted octanol–water partition coefficient (Wildman–Crippen LogP) is 7.06. The maximum Gasteiger partial charge on any atom is 0.419 e. The zero-order chi connectivity index (χ0) is 30.3. The molecule has 3 aromatic carbocycles. The van der Waals surface area contributed by atoms with Crippen LogP contribution in [0, 0.1) is 5.82 Å². The number of amides is 2. The first-order chi connectivity index (χ1) is 20.0. The van der Waals surface area contributed by atoms with Gasteiger partial charge in [0, 0.05) is 12.1 Å². The highest BCUT2D eigenvalue weighted by molar-refractivity contribution is 5.96. The molecule has 1 atom stereocenters. The monoisotopic (exact) mass is 584 g/mol. The van der Waals surface area contributed by atoms with Crippen LogP contribution in [-0.4, -0.2) is 29.4 Å². The van der Waals surface area contributed by atoms with E-state index in [-0.39, 0.29) is 19.4 Å². The number of rotatable bonds is 10. The summed E-state index contributed by atoms with van der Waals surface area (Å²) in [6.45, 7) is -0.0267. The minimum atomic E-state index is -4.92. The van der Waals surface area contributed by atoms with E-state index in [2.05, 4.69) is 10.6 Å². The highest BCUT2D eigenvalue weighted by Crippen LogP contribution is 2.36. The molecule has 3 aromatic rings. The molecule has 1 saturated carbocycles. The Kier molecular flexibility index (Phi) is 9.98. The second-order valence-electron chi connectivity index (χ2n) is 10.5. The molecule has 0 heterocycles. The van der Waals surface area contributed by atoms with E-state index in [4.69, 9.17) is 5.11 Å². The lowest BCUT2D eigenvalue weighted by Crippen LogP contribution is -2.26. The summed E-state index contributed by atoms with van der Waals surface area (Å²) in [5, 5.41) is 13.6. The molecule has 222 valence electrons. The van der Waals surface area contributed by atoms with Crippen molar-refractivity contribution in [3.8, 4) is 0 Å². The normalized spacial score (nSPS) is 14.7. The van der Waals surface area contributed by atoms with Gasteiger partial charge in [0.15, 0.2) is 5.82 Å². The van der Waals surface area contributed by atoms with Gasteiger partial charge in [-0.2, -0.15) is 13.2 Å². The van der Waals surface area contributed by atoms with Crippen LogP contribution in [0.15, 0.2) is 66.7 Å². The van der Waals surface area contributed by atoms with Crippen molar-refractivity contribution >= 4 is 23.5 Å². The van der Waals surface area contributed by atoms with E-state index in [1.165, 1.54) is 12.0 Å². The summed E-state index contributed by atoms with van der Waals surface area (Å²) >= 11 is 0. The fourth-order valence-electron chi connectivity index (χ4n) is 5.28. The molecule has 0 spiro atoms. The Bertz CT molecular complexity index is 1400. The molecular weight excluding hydrogens is 552 g/mol. The van der Waals surface area contributed by atoms with Crippen molar-refractivity contribution in [1.82, 2.24) is 5.32 Å². The fourth-order valence-corrected chi connectivity index (χ4v) is 5.28. The molecule has 42 heavy (non-hydrogen) atoms. The van der Waals surface area contributed by atoms with Gasteiger partial charge in [0.1, 0.15) is 0 Å². The minimum Gasteiger partial charge on any atom is -0.481 e. The van der Waals surface area contributed by atoms with Crippen LogP contribution < -0.4 is 10.6 Å². The average molecular weight is 585 g/mol. The molecule has 0 bridgehead atoms. The van der Waals surface area contributed by atoms with E-state index in [1.807, 2.05) is 24.3 Å². The summed E-state index contributed by atoms with van der Waals surface area (Å²) in [6.07, 6.45) is 0.721. The first-order valence-corrected chi connectivity index (χ1v) is 13.9. The third-order valence-electron chi connectivity index (χ3n) is 7.57. The predicted molar refractivity (Wildman–Crippen MR) is 150 cm³/mol. The van der Waals surface area contributed by atoms with Gasteiger partial charge in [-0.25, -0.2) is 4.39 Å². The lowest BCUT2D eigenvalue weighted by atomic mass is 9.83. The molecule has 1 aliphatic carbocycles. The molecule has 10 heteroatoms. The number of alkyl halides is 3. The Hall–Kier alpha value is -4.21. The lowest BCUT2D eigenvalue weighted by Gasteiger charge is -2.23. The largest absolute Gasteiger partial charge is 0.481 e. The van der Waals surface area contributed by atoms with Gasteiger partial charge in [-0.1, -0.05) is 61.7 Å². The summed E-state index contributed by atoms with van der Waals surface area (Å²) in [5.41, 5.74) is 0.721. The van der Waals surface area contributed by atoms with Crippen LogP contribution in [0.2, 0.25) is 0 Å². The van der Waals surface area contributed by atoms with Crippen LogP contribution >= 0.6 is 0 Å². The maximum absolute atomic E-state index is 14.7. The summed E-state index contributed by atoms with van der Waals surface area (Å²) in [4.78, 5) is 36.5. The number of halogens is 4. The third kappa shape index (κ3) is 7.96. The Labute approximate surface area is 241 Å². The summed E-state index contributed by atoms with van der Waals surface area (Å²) in [5.74, 6) is -4.14. The Morgan fingerprint density at radius 3 is 2.19 bits per heavy atom. The SMILES string of the molecule is O=C(O)CCNC(=O)c1ccc(CC(C(=O)Nc2cccc(C(F)(F)F)c2F)c2ccc(C3CCCCC3)cc2)cc1. The number of carbonyl (C=O) groups is 3. The number of carboxylic acids is 1. The molecule has 0 radical (unpaired) electrons. The van der Waals surface area contributed by atoms with Crippen LogP contribution in [0.1, 0.15) is 83.0 Å². The Morgan fingerprint density at radius 2 is 1.57 bits per heavy atom. The molecule has 1 aliphatic rings. The number of hydrogen-bond donors (Lipinski definition) is 3. The molecular formula is C32H32F4N2O4. The highest BCUT2D eigenvalue weighted by Gasteiger charge is 2.35. The molecule has 0 aliphatic heterocycles. The molecule has 1 fully saturated rings. The van der Waals surface area contributed by atoms with Crippen molar-refractivity contribution in [2.24, 2.45) is 0 Å². The number of aliphatic carboxylic acids is 1. The summed E-state index contributed by atoms with van der Waals surface area (Å²) in [7, 11) is 0. The van der Waals surface area contributed by atoms with Crippen molar-refractivity contribution in [1.29, 1.82) is 0 Å². The van der Waals surface area contributed by atoms with Crippen molar-refractivity contribution in [2.75, 3.05) is 11.9 Å². The molecule has 0 aromatic heterocycles. The molecule has 3 N–H and O–H groups in total. The quantitative estimate of drug-likeness (QED) is 0.222. The first kappa shape index (κ1) is 30.7. The molecule has 6 nitrogen and oxygen atoms in total. The van der Waals surface area contributed by atoms with Gasteiger partial charge in [0.2, 0.25) is 5.91 Å². The zero-order valence-electron chi connectivity index (χ0n) is 22.8. The van der Waals surface area contributed by atoms with Crippen molar-refractivity contribution in [3.63, 3.8) is 0 Å². The van der Waals surface area contributed by atoms with Crippen LogP contribution in [-0.2, 0) is 22.2 Å².